The maximum atomic E-state index is 12.2. The maximum Gasteiger partial charge on any atom is 0.213 e. The fraction of sp³-hybridized carbons (Fsp3) is 0.947. The minimum absolute atomic E-state index is 0. The highest BCUT2D eigenvalue weighted by Gasteiger charge is 2.26. The third-order valence-electron chi connectivity index (χ3n) is 5.67. The largest absolute Gasteiger partial charge is 0.377 e. The standard InChI is InChI=1S/C19H39N5O3S.HI/c1-4-23(5-2)15-17-9-11-24(16-17)19(20-3)21-10-13-28(25,26)22-14-18-8-6-7-12-27-18;/h17-18,22H,4-16H2,1-3H3,(H,20,21);1H. The Morgan fingerprint density at radius 1 is 1.24 bits per heavy atom. The first kappa shape index (κ1) is 26.9. The van der Waals surface area contributed by atoms with Gasteiger partial charge in [-0.2, -0.15) is 0 Å². The van der Waals surface area contributed by atoms with E-state index in [4.69, 9.17) is 4.74 Å². The van der Waals surface area contributed by atoms with Gasteiger partial charge in [0, 0.05) is 46.4 Å². The monoisotopic (exact) mass is 545 g/mol. The van der Waals surface area contributed by atoms with Crippen molar-refractivity contribution in [2.75, 3.05) is 65.2 Å². The van der Waals surface area contributed by atoms with Gasteiger partial charge in [-0.15, -0.1) is 24.0 Å². The van der Waals surface area contributed by atoms with E-state index in [9.17, 15) is 8.42 Å². The molecule has 0 radical (unpaired) electrons. The summed E-state index contributed by atoms with van der Waals surface area (Å²) in [6.45, 7) is 11.1. The average molecular weight is 546 g/mol. The van der Waals surface area contributed by atoms with E-state index in [2.05, 4.69) is 38.7 Å². The van der Waals surface area contributed by atoms with Gasteiger partial charge in [0.2, 0.25) is 10.0 Å². The molecular weight excluding hydrogens is 505 g/mol. The molecule has 172 valence electrons. The van der Waals surface area contributed by atoms with Crippen LogP contribution in [0.5, 0.6) is 0 Å². The number of likely N-dealkylation sites (tertiary alicyclic amines) is 1. The van der Waals surface area contributed by atoms with Gasteiger partial charge in [0.1, 0.15) is 0 Å². The van der Waals surface area contributed by atoms with Gasteiger partial charge < -0.3 is 19.9 Å². The molecule has 2 rings (SSSR count). The van der Waals surface area contributed by atoms with Crippen molar-refractivity contribution in [1.82, 2.24) is 19.8 Å². The van der Waals surface area contributed by atoms with E-state index in [-0.39, 0.29) is 35.8 Å². The van der Waals surface area contributed by atoms with E-state index >= 15 is 0 Å². The van der Waals surface area contributed by atoms with Crippen molar-refractivity contribution in [2.24, 2.45) is 10.9 Å². The molecule has 10 heteroatoms. The normalized spacial score (nSPS) is 23.3. The highest BCUT2D eigenvalue weighted by Crippen LogP contribution is 2.17. The van der Waals surface area contributed by atoms with E-state index in [1.165, 1.54) is 0 Å². The van der Waals surface area contributed by atoms with Gasteiger partial charge in [-0.25, -0.2) is 13.1 Å². The summed E-state index contributed by atoms with van der Waals surface area (Å²) < 4.78 is 32.7. The Morgan fingerprint density at radius 2 is 2.00 bits per heavy atom. The number of guanidine groups is 1. The Morgan fingerprint density at radius 3 is 2.62 bits per heavy atom. The Bertz CT molecular complexity index is 580. The Balaban J connectivity index is 0.00000420. The van der Waals surface area contributed by atoms with Gasteiger partial charge >= 0.3 is 0 Å². The second-order valence-corrected chi connectivity index (χ2v) is 9.64. The quantitative estimate of drug-likeness (QED) is 0.245. The zero-order chi connectivity index (χ0) is 20.4. The number of hydrogen-bond acceptors (Lipinski definition) is 5. The van der Waals surface area contributed by atoms with Gasteiger partial charge in [0.15, 0.2) is 5.96 Å². The van der Waals surface area contributed by atoms with Crippen molar-refractivity contribution in [3.8, 4) is 0 Å². The lowest BCUT2D eigenvalue weighted by Crippen LogP contribution is -2.44. The Hall–Kier alpha value is -0.170. The zero-order valence-corrected chi connectivity index (χ0v) is 21.4. The molecule has 2 aliphatic rings. The molecule has 2 aliphatic heterocycles. The zero-order valence-electron chi connectivity index (χ0n) is 18.2. The molecule has 0 aromatic rings. The first-order valence-corrected chi connectivity index (χ1v) is 12.4. The Kier molecular flexibility index (Phi) is 13.0. The molecule has 0 aliphatic carbocycles. The minimum Gasteiger partial charge on any atom is -0.377 e. The van der Waals surface area contributed by atoms with Crippen molar-refractivity contribution in [1.29, 1.82) is 0 Å². The molecule has 2 unspecified atom stereocenters. The summed E-state index contributed by atoms with van der Waals surface area (Å²) in [5.74, 6) is 1.47. The van der Waals surface area contributed by atoms with Crippen LogP contribution in [-0.4, -0.2) is 95.5 Å². The number of ether oxygens (including phenoxy) is 1. The van der Waals surface area contributed by atoms with Crippen LogP contribution in [0.1, 0.15) is 39.5 Å². The van der Waals surface area contributed by atoms with Crippen LogP contribution in [0.3, 0.4) is 0 Å². The van der Waals surface area contributed by atoms with Gasteiger partial charge in [-0.05, 0) is 44.7 Å². The van der Waals surface area contributed by atoms with Gasteiger partial charge in [0.05, 0.1) is 11.9 Å². The SMILES string of the molecule is CCN(CC)CC1CCN(C(=NC)NCCS(=O)(=O)NCC2CCCCO2)C1.I. The van der Waals surface area contributed by atoms with E-state index in [1.807, 2.05) is 0 Å². The molecule has 0 spiro atoms. The molecule has 2 heterocycles. The molecule has 2 N–H and O–H groups in total. The van der Waals surface area contributed by atoms with Crippen LogP contribution in [0.15, 0.2) is 4.99 Å². The van der Waals surface area contributed by atoms with E-state index < -0.39 is 10.0 Å². The molecule has 0 aromatic carbocycles. The highest BCUT2D eigenvalue weighted by atomic mass is 127. The number of nitrogens with zero attached hydrogens (tertiary/aromatic N) is 3. The molecule has 8 nitrogen and oxygen atoms in total. The number of nitrogens with one attached hydrogen (secondary N) is 2. The number of aliphatic imine (C=N–C) groups is 1. The van der Waals surface area contributed by atoms with Crippen molar-refractivity contribution >= 4 is 40.0 Å². The second-order valence-electron chi connectivity index (χ2n) is 7.72. The lowest BCUT2D eigenvalue weighted by Gasteiger charge is -2.24. The first-order valence-electron chi connectivity index (χ1n) is 10.7. The number of sulfonamides is 1. The van der Waals surface area contributed by atoms with Crippen molar-refractivity contribution in [3.63, 3.8) is 0 Å². The predicted octanol–water partition coefficient (Wildman–Crippen LogP) is 1.33. The molecule has 0 saturated carbocycles. The van der Waals surface area contributed by atoms with Crippen molar-refractivity contribution in [3.05, 3.63) is 0 Å². The fourth-order valence-electron chi connectivity index (χ4n) is 3.91. The molecular formula is C19H40IN5O3S. The van der Waals surface area contributed by atoms with Crippen LogP contribution in [0, 0.1) is 5.92 Å². The fourth-order valence-corrected chi connectivity index (χ4v) is 4.87. The molecule has 0 amide bonds. The van der Waals surface area contributed by atoms with E-state index in [0.29, 0.717) is 19.0 Å². The Labute approximate surface area is 194 Å². The summed E-state index contributed by atoms with van der Waals surface area (Å²) >= 11 is 0. The predicted molar refractivity (Wildman–Crippen MR) is 130 cm³/mol. The number of halogens is 1. The van der Waals surface area contributed by atoms with Gasteiger partial charge in [0.25, 0.3) is 0 Å². The second kappa shape index (κ2) is 14.0. The van der Waals surface area contributed by atoms with Crippen LogP contribution >= 0.6 is 24.0 Å². The lowest BCUT2D eigenvalue weighted by atomic mass is 10.1. The third kappa shape index (κ3) is 9.67. The van der Waals surface area contributed by atoms with Crippen molar-refractivity contribution in [2.45, 2.75) is 45.6 Å². The molecule has 2 saturated heterocycles. The number of rotatable bonds is 10. The lowest BCUT2D eigenvalue weighted by molar-refractivity contribution is 0.0200. The van der Waals surface area contributed by atoms with E-state index in [1.54, 1.807) is 7.05 Å². The summed E-state index contributed by atoms with van der Waals surface area (Å²) in [5.41, 5.74) is 0. The first-order chi connectivity index (χ1) is 13.5. The van der Waals surface area contributed by atoms with Gasteiger partial charge in [-0.1, -0.05) is 13.8 Å². The molecule has 0 bridgehead atoms. The summed E-state index contributed by atoms with van der Waals surface area (Å²) in [4.78, 5) is 9.04. The number of hydrogen-bond donors (Lipinski definition) is 2. The minimum atomic E-state index is -3.31. The van der Waals surface area contributed by atoms with Gasteiger partial charge in [-0.3, -0.25) is 4.99 Å². The summed E-state index contributed by atoms with van der Waals surface area (Å²) in [6, 6.07) is 0. The third-order valence-corrected chi connectivity index (χ3v) is 7.01. The molecule has 29 heavy (non-hydrogen) atoms. The summed E-state index contributed by atoms with van der Waals surface area (Å²) in [5, 5.41) is 3.22. The maximum absolute atomic E-state index is 12.2. The topological polar surface area (TPSA) is 86.3 Å². The molecule has 2 fully saturated rings. The summed E-state index contributed by atoms with van der Waals surface area (Å²) in [7, 11) is -1.56. The van der Waals surface area contributed by atoms with E-state index in [0.717, 1.165) is 71.0 Å². The molecule has 2 atom stereocenters. The van der Waals surface area contributed by atoms with Crippen molar-refractivity contribution < 1.29 is 13.2 Å². The van der Waals surface area contributed by atoms with Crippen LogP contribution in [0.4, 0.5) is 0 Å². The van der Waals surface area contributed by atoms with Crippen LogP contribution in [0.2, 0.25) is 0 Å². The smallest absolute Gasteiger partial charge is 0.213 e. The highest BCUT2D eigenvalue weighted by molar-refractivity contribution is 14.0. The van der Waals surface area contributed by atoms with Crippen LogP contribution in [0.25, 0.3) is 0 Å². The van der Waals surface area contributed by atoms with Crippen LogP contribution < -0.4 is 10.0 Å². The summed E-state index contributed by atoms with van der Waals surface area (Å²) in [6.07, 6.45) is 4.26. The van der Waals surface area contributed by atoms with Crippen LogP contribution in [-0.2, 0) is 14.8 Å². The average Bonchev–Trinajstić information content (AvgIpc) is 3.17. The molecule has 0 aromatic heterocycles.